The van der Waals surface area contributed by atoms with Gasteiger partial charge in [0, 0.05) is 0 Å². The Morgan fingerprint density at radius 3 is 2.42 bits per heavy atom. The van der Waals surface area contributed by atoms with Crippen molar-refractivity contribution in [2.75, 3.05) is 0 Å². The van der Waals surface area contributed by atoms with Gasteiger partial charge in [-0.3, -0.25) is 0 Å². The molecule has 1 unspecified atom stereocenters. The second-order valence-electron chi connectivity index (χ2n) is 4.35. The summed E-state index contributed by atoms with van der Waals surface area (Å²) in [6.45, 7) is 13.0. The fourth-order valence-corrected chi connectivity index (χ4v) is 1.09. The molecule has 0 N–H and O–H groups in total. The molecular formula is C12H23. The van der Waals surface area contributed by atoms with Crippen molar-refractivity contribution in [3.05, 3.63) is 19.1 Å². The van der Waals surface area contributed by atoms with Crippen molar-refractivity contribution in [1.82, 2.24) is 0 Å². The Kier molecular flexibility index (Phi) is 5.28. The highest BCUT2D eigenvalue weighted by Crippen LogP contribution is 2.31. The van der Waals surface area contributed by atoms with Crippen molar-refractivity contribution in [1.29, 1.82) is 0 Å². The molecule has 1 radical (unpaired) electrons. The lowest BCUT2D eigenvalue weighted by Gasteiger charge is -2.28. The van der Waals surface area contributed by atoms with Crippen LogP contribution in [0.15, 0.2) is 12.2 Å². The molecule has 0 heterocycles. The summed E-state index contributed by atoms with van der Waals surface area (Å²) in [5.41, 5.74) is 0.404. The Bertz CT molecular complexity index is 129. The highest BCUT2D eigenvalue weighted by Gasteiger charge is 2.20. The molecule has 0 aromatic heterocycles. The van der Waals surface area contributed by atoms with Crippen molar-refractivity contribution in [3.8, 4) is 0 Å². The molecule has 1 atom stereocenters. The third-order valence-corrected chi connectivity index (χ3v) is 2.76. The summed E-state index contributed by atoms with van der Waals surface area (Å²) in [5.74, 6) is 0.545. The van der Waals surface area contributed by atoms with Gasteiger partial charge in [-0.2, -0.15) is 0 Å². The van der Waals surface area contributed by atoms with Crippen LogP contribution in [-0.2, 0) is 0 Å². The van der Waals surface area contributed by atoms with Crippen LogP contribution in [0.1, 0.15) is 47.0 Å². The zero-order valence-corrected chi connectivity index (χ0v) is 9.06. The van der Waals surface area contributed by atoms with Crippen LogP contribution in [0, 0.1) is 18.3 Å². The van der Waals surface area contributed by atoms with Crippen LogP contribution in [0.2, 0.25) is 0 Å². The second-order valence-corrected chi connectivity index (χ2v) is 4.35. The van der Waals surface area contributed by atoms with Crippen LogP contribution in [0.3, 0.4) is 0 Å². The van der Waals surface area contributed by atoms with Gasteiger partial charge in [-0.25, -0.2) is 0 Å². The third-order valence-electron chi connectivity index (χ3n) is 2.76. The van der Waals surface area contributed by atoms with Gasteiger partial charge in [0.15, 0.2) is 0 Å². The van der Waals surface area contributed by atoms with E-state index in [1.807, 2.05) is 0 Å². The smallest absolute Gasteiger partial charge is 0.0328 e. The normalized spacial score (nSPS) is 13.2. The maximum Gasteiger partial charge on any atom is -0.0328 e. The summed E-state index contributed by atoms with van der Waals surface area (Å²) in [6.07, 6.45) is 8.15. The van der Waals surface area contributed by atoms with E-state index < -0.39 is 0 Å². The molecule has 0 aliphatic carbocycles. The lowest BCUT2D eigenvalue weighted by atomic mass is 9.77. The molecule has 0 fully saturated rings. The highest BCUT2D eigenvalue weighted by atomic mass is 14.3. The third kappa shape index (κ3) is 4.58. The molecule has 71 valence electrons. The van der Waals surface area contributed by atoms with Crippen LogP contribution >= 0.6 is 0 Å². The lowest BCUT2D eigenvalue weighted by molar-refractivity contribution is 0.246. The summed E-state index contributed by atoms with van der Waals surface area (Å²) < 4.78 is 0. The standard InChI is InChI=1S/C12H23/c1-6-7-8-9-10-12(4,5)11(2)3/h6-7,11H,2,8-10H2,1,3-5H3. The second kappa shape index (κ2) is 5.40. The number of allylic oxidation sites excluding steroid dienone is 2. The molecule has 0 saturated heterocycles. The topological polar surface area (TPSA) is 0 Å². The van der Waals surface area contributed by atoms with Crippen molar-refractivity contribution in [2.45, 2.75) is 47.0 Å². The van der Waals surface area contributed by atoms with Crippen molar-refractivity contribution in [2.24, 2.45) is 11.3 Å². The fraction of sp³-hybridized carbons (Fsp3) is 0.750. The first-order valence-corrected chi connectivity index (χ1v) is 4.95. The summed E-state index contributed by atoms with van der Waals surface area (Å²) in [4.78, 5) is 0. The van der Waals surface area contributed by atoms with Gasteiger partial charge in [0.25, 0.3) is 0 Å². The number of hydrogen-bond acceptors (Lipinski definition) is 0. The molecule has 0 aliphatic rings. The first kappa shape index (κ1) is 11.7. The molecule has 0 aromatic rings. The summed E-state index contributed by atoms with van der Waals surface area (Å²) in [7, 11) is 0. The van der Waals surface area contributed by atoms with Gasteiger partial charge in [-0.1, -0.05) is 32.9 Å². The van der Waals surface area contributed by atoms with Crippen molar-refractivity contribution in [3.63, 3.8) is 0 Å². The Morgan fingerprint density at radius 1 is 1.42 bits per heavy atom. The minimum Gasteiger partial charge on any atom is -0.0917 e. The molecule has 0 saturated carbocycles. The molecule has 0 aliphatic heterocycles. The van der Waals surface area contributed by atoms with E-state index in [1.165, 1.54) is 19.3 Å². The first-order chi connectivity index (χ1) is 5.50. The molecule has 0 nitrogen and oxygen atoms in total. The summed E-state index contributed by atoms with van der Waals surface area (Å²) >= 11 is 0. The van der Waals surface area contributed by atoms with E-state index in [1.54, 1.807) is 0 Å². The molecule has 0 bridgehead atoms. The van der Waals surface area contributed by atoms with E-state index >= 15 is 0 Å². The lowest BCUT2D eigenvalue weighted by Crippen LogP contribution is -2.18. The molecule has 12 heavy (non-hydrogen) atoms. The van der Waals surface area contributed by atoms with E-state index in [2.05, 4.69) is 46.8 Å². The zero-order valence-electron chi connectivity index (χ0n) is 9.06. The average Bonchev–Trinajstić information content (AvgIpc) is 1.98. The Morgan fingerprint density at radius 2 is 2.00 bits per heavy atom. The van der Waals surface area contributed by atoms with Gasteiger partial charge in [0.05, 0.1) is 0 Å². The predicted octanol–water partition coefficient (Wildman–Crippen LogP) is 4.23. The van der Waals surface area contributed by atoms with Crippen LogP contribution in [-0.4, -0.2) is 0 Å². The predicted molar refractivity (Wildman–Crippen MR) is 57.0 cm³/mol. The molecule has 0 rings (SSSR count). The van der Waals surface area contributed by atoms with Gasteiger partial charge >= 0.3 is 0 Å². The van der Waals surface area contributed by atoms with Crippen molar-refractivity contribution >= 4 is 0 Å². The Hall–Kier alpha value is -0.260. The van der Waals surface area contributed by atoms with Crippen molar-refractivity contribution < 1.29 is 0 Å². The Balaban J connectivity index is 3.61. The summed E-state index contributed by atoms with van der Waals surface area (Å²) in [6, 6.07) is 0. The minimum absolute atomic E-state index is 0.404. The van der Waals surface area contributed by atoms with Gasteiger partial charge in [-0.15, -0.1) is 0 Å². The molecule has 0 spiro atoms. The minimum atomic E-state index is 0.404. The van der Waals surface area contributed by atoms with Crippen LogP contribution in [0.25, 0.3) is 0 Å². The number of hydrogen-bond donors (Lipinski definition) is 0. The highest BCUT2D eigenvalue weighted by molar-refractivity contribution is 4.80. The molecule has 0 amide bonds. The largest absolute Gasteiger partial charge is 0.0917 e. The van der Waals surface area contributed by atoms with Gasteiger partial charge in [0.1, 0.15) is 0 Å². The van der Waals surface area contributed by atoms with E-state index in [4.69, 9.17) is 0 Å². The first-order valence-electron chi connectivity index (χ1n) is 4.95. The van der Waals surface area contributed by atoms with E-state index in [9.17, 15) is 0 Å². The fourth-order valence-electron chi connectivity index (χ4n) is 1.09. The van der Waals surface area contributed by atoms with E-state index in [0.717, 1.165) is 0 Å². The molecule has 0 aromatic carbocycles. The number of unbranched alkanes of at least 4 members (excludes halogenated alkanes) is 1. The van der Waals surface area contributed by atoms with Crippen LogP contribution < -0.4 is 0 Å². The Labute approximate surface area is 78.1 Å². The zero-order chi connectivity index (χ0) is 9.61. The quantitative estimate of drug-likeness (QED) is 0.424. The SMILES string of the molecule is [CH2]C(C)C(C)(C)CCCC=CC. The summed E-state index contributed by atoms with van der Waals surface area (Å²) in [5, 5.41) is 0. The maximum atomic E-state index is 4.09. The monoisotopic (exact) mass is 167 g/mol. The van der Waals surface area contributed by atoms with Gasteiger partial charge in [-0.05, 0) is 44.4 Å². The molecule has 0 heteroatoms. The number of rotatable bonds is 5. The average molecular weight is 167 g/mol. The molecular weight excluding hydrogens is 144 g/mol. The van der Waals surface area contributed by atoms with Gasteiger partial charge < -0.3 is 0 Å². The van der Waals surface area contributed by atoms with E-state index in [-0.39, 0.29) is 0 Å². The van der Waals surface area contributed by atoms with E-state index in [0.29, 0.717) is 11.3 Å². The van der Waals surface area contributed by atoms with Gasteiger partial charge in [0.2, 0.25) is 0 Å². The maximum absolute atomic E-state index is 4.09. The van der Waals surface area contributed by atoms with Crippen LogP contribution in [0.5, 0.6) is 0 Å². The van der Waals surface area contributed by atoms with Crippen LogP contribution in [0.4, 0.5) is 0 Å².